The summed E-state index contributed by atoms with van der Waals surface area (Å²) < 4.78 is 5.67. The zero-order valence-corrected chi connectivity index (χ0v) is 11.9. The molecule has 0 saturated carbocycles. The molecule has 0 aliphatic heterocycles. The number of rotatable bonds is 4. The van der Waals surface area contributed by atoms with Gasteiger partial charge in [0.05, 0.1) is 17.1 Å². The Kier molecular flexibility index (Phi) is 3.68. The van der Waals surface area contributed by atoms with E-state index in [1.165, 1.54) is 0 Å². The molecule has 108 valence electrons. The van der Waals surface area contributed by atoms with Gasteiger partial charge in [0.25, 0.3) is 0 Å². The lowest BCUT2D eigenvalue weighted by Gasteiger charge is -2.14. The second-order valence-electron chi connectivity index (χ2n) is 4.73. The molecule has 0 bridgehead atoms. The zero-order chi connectivity index (χ0) is 14.8. The van der Waals surface area contributed by atoms with E-state index >= 15 is 0 Å². The number of nitrogens with one attached hydrogen (secondary N) is 2. The summed E-state index contributed by atoms with van der Waals surface area (Å²) in [6.07, 6.45) is 0. The molecule has 0 aliphatic rings. The van der Waals surface area contributed by atoms with E-state index in [4.69, 9.17) is 22.1 Å². The van der Waals surface area contributed by atoms with Crippen LogP contribution in [-0.2, 0) is 0 Å². The van der Waals surface area contributed by atoms with Crippen molar-refractivity contribution in [1.82, 2.24) is 9.97 Å². The second-order valence-corrected chi connectivity index (χ2v) is 5.13. The minimum absolute atomic E-state index is 0.241. The normalized spacial score (nSPS) is 12.5. The molecule has 0 amide bonds. The molecular weight excluding hydrogens is 290 g/mol. The molecule has 1 heterocycles. The fourth-order valence-electron chi connectivity index (χ4n) is 2.15. The van der Waals surface area contributed by atoms with Crippen LogP contribution in [0, 0.1) is 0 Å². The van der Waals surface area contributed by atoms with Crippen molar-refractivity contribution in [2.45, 2.75) is 6.04 Å². The van der Waals surface area contributed by atoms with Crippen molar-refractivity contribution < 1.29 is 4.74 Å². The molecule has 4 N–H and O–H groups in total. The fraction of sp³-hybridized carbons (Fsp3) is 0.133. The van der Waals surface area contributed by atoms with Gasteiger partial charge in [-0.15, -0.1) is 0 Å². The number of hydrogen-bond donors (Lipinski definition) is 3. The van der Waals surface area contributed by atoms with Gasteiger partial charge in [0, 0.05) is 11.1 Å². The average Bonchev–Trinajstić information content (AvgIpc) is 2.84. The third-order valence-electron chi connectivity index (χ3n) is 3.22. The van der Waals surface area contributed by atoms with Crippen molar-refractivity contribution in [2.24, 2.45) is 5.73 Å². The number of aromatic amines is 2. The summed E-state index contributed by atoms with van der Waals surface area (Å²) in [6, 6.07) is 12.4. The highest BCUT2D eigenvalue weighted by atomic mass is 35.5. The number of H-pyrrole nitrogens is 2. The standard InChI is InChI=1S/C15H14ClN3O2/c16-11-4-2-1-3-10(11)12(17)8-21-9-5-6-13-14(7-9)19-15(20)18-13/h1-7,12H,8,17H2,(H2,18,19,20). The molecule has 0 saturated heterocycles. The predicted octanol–water partition coefficient (Wildman–Crippen LogP) is 2.59. The lowest BCUT2D eigenvalue weighted by molar-refractivity contribution is 0.291. The molecular formula is C15H14ClN3O2. The summed E-state index contributed by atoms with van der Waals surface area (Å²) >= 11 is 6.10. The van der Waals surface area contributed by atoms with Crippen molar-refractivity contribution in [2.75, 3.05) is 6.61 Å². The summed E-state index contributed by atoms with van der Waals surface area (Å²) in [6.45, 7) is 0.296. The van der Waals surface area contributed by atoms with E-state index in [0.717, 1.165) is 11.1 Å². The largest absolute Gasteiger partial charge is 0.492 e. The van der Waals surface area contributed by atoms with Gasteiger partial charge in [-0.2, -0.15) is 0 Å². The van der Waals surface area contributed by atoms with Crippen molar-refractivity contribution in [3.63, 3.8) is 0 Å². The highest BCUT2D eigenvalue weighted by Crippen LogP contribution is 2.23. The molecule has 1 unspecified atom stereocenters. The lowest BCUT2D eigenvalue weighted by atomic mass is 10.1. The number of nitrogens with two attached hydrogens (primary N) is 1. The summed E-state index contributed by atoms with van der Waals surface area (Å²) in [5.41, 5.74) is 8.13. The van der Waals surface area contributed by atoms with Crippen LogP contribution in [0.1, 0.15) is 11.6 Å². The SMILES string of the molecule is NC(COc1ccc2[nH]c(=O)[nH]c2c1)c1ccccc1Cl. The van der Waals surface area contributed by atoms with E-state index in [2.05, 4.69) is 9.97 Å². The van der Waals surface area contributed by atoms with Crippen molar-refractivity contribution in [1.29, 1.82) is 0 Å². The van der Waals surface area contributed by atoms with Crippen LogP contribution in [-0.4, -0.2) is 16.6 Å². The third-order valence-corrected chi connectivity index (χ3v) is 3.57. The molecule has 0 spiro atoms. The van der Waals surface area contributed by atoms with Gasteiger partial charge in [-0.3, -0.25) is 0 Å². The Hall–Kier alpha value is -2.24. The molecule has 2 aromatic carbocycles. The third kappa shape index (κ3) is 2.94. The van der Waals surface area contributed by atoms with Gasteiger partial charge >= 0.3 is 5.69 Å². The first kappa shape index (κ1) is 13.7. The van der Waals surface area contributed by atoms with E-state index in [-0.39, 0.29) is 11.7 Å². The predicted molar refractivity (Wildman–Crippen MR) is 82.8 cm³/mol. The van der Waals surface area contributed by atoms with E-state index in [0.29, 0.717) is 22.9 Å². The number of benzene rings is 2. The number of imidazole rings is 1. The number of halogens is 1. The Morgan fingerprint density at radius 2 is 1.90 bits per heavy atom. The maximum absolute atomic E-state index is 11.2. The molecule has 1 atom stereocenters. The van der Waals surface area contributed by atoms with Gasteiger partial charge in [-0.05, 0) is 23.8 Å². The van der Waals surface area contributed by atoms with Crippen molar-refractivity contribution >= 4 is 22.6 Å². The topological polar surface area (TPSA) is 83.9 Å². The van der Waals surface area contributed by atoms with Crippen LogP contribution in [0.5, 0.6) is 5.75 Å². The maximum atomic E-state index is 11.2. The fourth-order valence-corrected chi connectivity index (χ4v) is 2.43. The Balaban J connectivity index is 1.74. The summed E-state index contributed by atoms with van der Waals surface area (Å²) in [5, 5.41) is 0.624. The minimum atomic E-state index is -0.320. The first-order valence-corrected chi connectivity index (χ1v) is 6.86. The maximum Gasteiger partial charge on any atom is 0.323 e. The highest BCUT2D eigenvalue weighted by Gasteiger charge is 2.10. The molecule has 6 heteroatoms. The van der Waals surface area contributed by atoms with Gasteiger partial charge in [0.2, 0.25) is 0 Å². The number of hydrogen-bond acceptors (Lipinski definition) is 3. The smallest absolute Gasteiger partial charge is 0.323 e. The summed E-state index contributed by atoms with van der Waals surface area (Å²) in [4.78, 5) is 16.6. The van der Waals surface area contributed by atoms with Crippen LogP contribution in [0.2, 0.25) is 5.02 Å². The molecule has 3 rings (SSSR count). The molecule has 21 heavy (non-hydrogen) atoms. The quantitative estimate of drug-likeness (QED) is 0.692. The molecule has 0 aliphatic carbocycles. The second kappa shape index (κ2) is 5.63. The van der Waals surface area contributed by atoms with Crippen LogP contribution in [0.25, 0.3) is 11.0 Å². The highest BCUT2D eigenvalue weighted by molar-refractivity contribution is 6.31. The van der Waals surface area contributed by atoms with E-state index in [9.17, 15) is 4.79 Å². The van der Waals surface area contributed by atoms with E-state index < -0.39 is 0 Å². The Morgan fingerprint density at radius 1 is 1.14 bits per heavy atom. The van der Waals surface area contributed by atoms with Gasteiger partial charge in [-0.25, -0.2) is 4.79 Å². The van der Waals surface area contributed by atoms with Crippen LogP contribution in [0.4, 0.5) is 0 Å². The number of ether oxygens (including phenoxy) is 1. The molecule has 3 aromatic rings. The minimum Gasteiger partial charge on any atom is -0.492 e. The Labute approximate surface area is 125 Å². The molecule has 1 aromatic heterocycles. The van der Waals surface area contributed by atoms with Crippen LogP contribution >= 0.6 is 11.6 Å². The average molecular weight is 304 g/mol. The van der Waals surface area contributed by atoms with Gasteiger partial charge in [-0.1, -0.05) is 29.8 Å². The van der Waals surface area contributed by atoms with Gasteiger partial charge in [0.15, 0.2) is 0 Å². The van der Waals surface area contributed by atoms with Gasteiger partial charge < -0.3 is 20.4 Å². The van der Waals surface area contributed by atoms with Gasteiger partial charge in [0.1, 0.15) is 12.4 Å². The zero-order valence-electron chi connectivity index (χ0n) is 11.1. The van der Waals surface area contributed by atoms with Crippen molar-refractivity contribution in [3.05, 3.63) is 63.5 Å². The van der Waals surface area contributed by atoms with Crippen LogP contribution < -0.4 is 16.2 Å². The summed E-state index contributed by atoms with van der Waals surface area (Å²) in [7, 11) is 0. The van der Waals surface area contributed by atoms with E-state index in [1.807, 2.05) is 18.2 Å². The van der Waals surface area contributed by atoms with Crippen LogP contribution in [0.15, 0.2) is 47.3 Å². The number of fused-ring (bicyclic) bond motifs is 1. The Morgan fingerprint density at radius 3 is 2.71 bits per heavy atom. The monoisotopic (exact) mass is 303 g/mol. The lowest BCUT2D eigenvalue weighted by Crippen LogP contribution is -2.19. The summed E-state index contributed by atoms with van der Waals surface area (Å²) in [5.74, 6) is 0.639. The molecule has 0 fully saturated rings. The molecule has 5 nitrogen and oxygen atoms in total. The van der Waals surface area contributed by atoms with E-state index in [1.54, 1.807) is 24.3 Å². The molecule has 0 radical (unpaired) electrons. The first-order chi connectivity index (χ1) is 10.1. The number of aromatic nitrogens is 2. The first-order valence-electron chi connectivity index (χ1n) is 6.48. The van der Waals surface area contributed by atoms with Crippen LogP contribution in [0.3, 0.4) is 0 Å². The Bertz CT molecular complexity index is 825. The van der Waals surface area contributed by atoms with Crippen molar-refractivity contribution in [3.8, 4) is 5.75 Å².